The summed E-state index contributed by atoms with van der Waals surface area (Å²) in [6, 6.07) is 3.12. The largest absolute Gasteiger partial charge is 0.388 e. The minimum absolute atomic E-state index is 0.223. The number of ether oxygens (including phenoxy) is 1. The molecule has 8 heteroatoms. The molecule has 0 saturated carbocycles. The van der Waals surface area contributed by atoms with E-state index in [2.05, 4.69) is 0 Å². The van der Waals surface area contributed by atoms with Gasteiger partial charge in [0.1, 0.15) is 6.10 Å². The van der Waals surface area contributed by atoms with E-state index in [9.17, 15) is 14.7 Å². The molecule has 0 spiro atoms. The van der Waals surface area contributed by atoms with Gasteiger partial charge in [-0.1, -0.05) is 0 Å². The van der Waals surface area contributed by atoms with Gasteiger partial charge in [-0.3, -0.25) is 15.0 Å². The third-order valence-electron chi connectivity index (χ3n) is 3.00. The molecule has 0 radical (unpaired) electrons. The van der Waals surface area contributed by atoms with Crippen LogP contribution in [-0.4, -0.2) is 54.2 Å². The molecular formula is C11H15N3O4S. The number of likely N-dealkylation sites (tertiary alicyclic amines) is 1. The Labute approximate surface area is 113 Å². The highest BCUT2D eigenvalue weighted by atomic mass is 32.1. The number of aliphatic hydroxyl groups is 1. The monoisotopic (exact) mass is 285 g/mol. The Bertz CT molecular complexity index is 490. The second-order valence-electron chi connectivity index (χ2n) is 4.19. The molecule has 1 fully saturated rings. The van der Waals surface area contributed by atoms with Gasteiger partial charge in [-0.05, 0) is 12.1 Å². The number of thiophene rings is 1. The van der Waals surface area contributed by atoms with Crippen molar-refractivity contribution in [1.82, 2.24) is 10.3 Å². The number of nitrogens with zero attached hydrogens (tertiary/aromatic N) is 1. The van der Waals surface area contributed by atoms with Crippen molar-refractivity contribution in [3.05, 3.63) is 21.9 Å². The number of methoxy groups -OCH3 is 1. The molecule has 2 rings (SSSR count). The van der Waals surface area contributed by atoms with Crippen molar-refractivity contribution in [2.75, 3.05) is 20.2 Å². The number of amides is 2. The molecule has 19 heavy (non-hydrogen) atoms. The van der Waals surface area contributed by atoms with E-state index in [-0.39, 0.29) is 18.6 Å². The smallest absolute Gasteiger partial charge is 0.275 e. The summed E-state index contributed by atoms with van der Waals surface area (Å²) in [5, 5.41) is 9.69. The average molecular weight is 285 g/mol. The first-order valence-electron chi connectivity index (χ1n) is 5.67. The first kappa shape index (κ1) is 13.9. The van der Waals surface area contributed by atoms with Crippen molar-refractivity contribution < 1.29 is 19.4 Å². The number of aliphatic hydroxyl groups excluding tert-OH is 1. The number of nitrogens with two attached hydrogens (primary N) is 1. The molecule has 2 unspecified atom stereocenters. The van der Waals surface area contributed by atoms with Crippen LogP contribution in [0, 0.1) is 0 Å². The maximum absolute atomic E-state index is 12.2. The minimum Gasteiger partial charge on any atom is -0.388 e. The Morgan fingerprint density at radius 3 is 2.74 bits per heavy atom. The maximum Gasteiger partial charge on any atom is 0.275 e. The van der Waals surface area contributed by atoms with E-state index in [1.807, 2.05) is 5.43 Å². The van der Waals surface area contributed by atoms with Crippen LogP contribution in [0.3, 0.4) is 0 Å². The van der Waals surface area contributed by atoms with Crippen molar-refractivity contribution in [3.63, 3.8) is 0 Å². The lowest BCUT2D eigenvalue weighted by Crippen LogP contribution is -2.30. The van der Waals surface area contributed by atoms with Gasteiger partial charge in [0.05, 0.1) is 15.9 Å². The number of hydrogen-bond donors (Lipinski definition) is 3. The van der Waals surface area contributed by atoms with Gasteiger partial charge in [0.2, 0.25) is 0 Å². The zero-order chi connectivity index (χ0) is 14.0. The molecule has 104 valence electrons. The summed E-state index contributed by atoms with van der Waals surface area (Å²) in [4.78, 5) is 25.8. The molecule has 2 amide bonds. The Balaban J connectivity index is 2.08. The van der Waals surface area contributed by atoms with Crippen molar-refractivity contribution in [1.29, 1.82) is 0 Å². The van der Waals surface area contributed by atoms with Gasteiger partial charge >= 0.3 is 0 Å². The van der Waals surface area contributed by atoms with Crippen LogP contribution < -0.4 is 11.3 Å². The Morgan fingerprint density at radius 2 is 2.16 bits per heavy atom. The van der Waals surface area contributed by atoms with Gasteiger partial charge in [-0.25, -0.2) is 5.84 Å². The second-order valence-corrected chi connectivity index (χ2v) is 5.27. The fourth-order valence-electron chi connectivity index (χ4n) is 1.96. The third-order valence-corrected chi connectivity index (χ3v) is 4.07. The summed E-state index contributed by atoms with van der Waals surface area (Å²) < 4.78 is 5.08. The molecule has 2 heterocycles. The number of hydrogen-bond acceptors (Lipinski definition) is 6. The summed E-state index contributed by atoms with van der Waals surface area (Å²) in [6.07, 6.45) is -1.04. The topological polar surface area (TPSA) is 105 Å². The van der Waals surface area contributed by atoms with Gasteiger partial charge in [0, 0.05) is 20.2 Å². The lowest BCUT2D eigenvalue weighted by atomic mass is 10.3. The molecule has 7 nitrogen and oxygen atoms in total. The zero-order valence-corrected chi connectivity index (χ0v) is 11.1. The van der Waals surface area contributed by atoms with Crippen LogP contribution in [0.25, 0.3) is 0 Å². The van der Waals surface area contributed by atoms with Gasteiger partial charge in [0.15, 0.2) is 0 Å². The van der Waals surface area contributed by atoms with E-state index in [0.29, 0.717) is 16.3 Å². The molecule has 0 aliphatic carbocycles. The van der Waals surface area contributed by atoms with Crippen LogP contribution in [0.4, 0.5) is 0 Å². The Hall–Kier alpha value is -1.48. The number of carbonyl (C=O) groups excluding carboxylic acids is 2. The predicted molar refractivity (Wildman–Crippen MR) is 68.7 cm³/mol. The van der Waals surface area contributed by atoms with E-state index in [1.165, 1.54) is 12.0 Å². The number of rotatable bonds is 3. The fraction of sp³-hybridized carbons (Fsp3) is 0.455. The molecule has 1 aromatic heterocycles. The maximum atomic E-state index is 12.2. The highest BCUT2D eigenvalue weighted by Gasteiger charge is 2.34. The molecular weight excluding hydrogens is 270 g/mol. The fourth-order valence-corrected chi connectivity index (χ4v) is 2.83. The first-order valence-corrected chi connectivity index (χ1v) is 6.49. The van der Waals surface area contributed by atoms with Crippen LogP contribution in [0.15, 0.2) is 12.1 Å². The first-order chi connectivity index (χ1) is 9.06. The van der Waals surface area contributed by atoms with Crippen molar-refractivity contribution in [3.8, 4) is 0 Å². The number of carbonyl (C=O) groups is 2. The zero-order valence-electron chi connectivity index (χ0n) is 10.3. The van der Waals surface area contributed by atoms with Crippen molar-refractivity contribution in [2.24, 2.45) is 5.84 Å². The quantitative estimate of drug-likeness (QED) is 0.382. The Morgan fingerprint density at radius 1 is 1.47 bits per heavy atom. The van der Waals surface area contributed by atoms with Crippen LogP contribution >= 0.6 is 11.3 Å². The van der Waals surface area contributed by atoms with Gasteiger partial charge in [0.25, 0.3) is 11.8 Å². The van der Waals surface area contributed by atoms with Gasteiger partial charge < -0.3 is 14.7 Å². The highest BCUT2D eigenvalue weighted by molar-refractivity contribution is 7.15. The van der Waals surface area contributed by atoms with E-state index in [4.69, 9.17) is 10.6 Å². The van der Waals surface area contributed by atoms with E-state index in [0.717, 1.165) is 11.3 Å². The summed E-state index contributed by atoms with van der Waals surface area (Å²) in [7, 11) is 1.50. The van der Waals surface area contributed by atoms with Crippen LogP contribution in [0.5, 0.6) is 0 Å². The molecule has 0 aromatic carbocycles. The Kier molecular flexibility index (Phi) is 4.15. The molecule has 1 aromatic rings. The van der Waals surface area contributed by atoms with Gasteiger partial charge in [-0.2, -0.15) is 0 Å². The van der Waals surface area contributed by atoms with E-state index >= 15 is 0 Å². The van der Waals surface area contributed by atoms with Crippen molar-refractivity contribution >= 4 is 23.2 Å². The SMILES string of the molecule is COC1CN(C(=O)c2ccc(C(=O)NN)s2)CC1O. The number of nitrogen functional groups attached to an aromatic ring is 1. The number of hydrazine groups is 1. The highest BCUT2D eigenvalue weighted by Crippen LogP contribution is 2.21. The predicted octanol–water partition coefficient (Wildman–Crippen LogP) is -0.817. The molecule has 1 aliphatic heterocycles. The summed E-state index contributed by atoms with van der Waals surface area (Å²) in [5.74, 6) is 4.38. The van der Waals surface area contributed by atoms with Gasteiger partial charge in [-0.15, -0.1) is 11.3 Å². The van der Waals surface area contributed by atoms with Crippen molar-refractivity contribution in [2.45, 2.75) is 12.2 Å². The normalized spacial score (nSPS) is 22.6. The minimum atomic E-state index is -0.680. The summed E-state index contributed by atoms with van der Waals surface area (Å²) >= 11 is 1.06. The number of β-amino-alcohol motifs (C(OH)–C–C–N with tert-alkyl or cyclic N) is 1. The molecule has 1 saturated heterocycles. The lowest BCUT2D eigenvalue weighted by molar-refractivity contribution is 0.0215. The second kappa shape index (κ2) is 5.66. The molecule has 4 N–H and O–H groups in total. The lowest BCUT2D eigenvalue weighted by Gasteiger charge is -2.14. The molecule has 0 bridgehead atoms. The average Bonchev–Trinajstić information content (AvgIpc) is 3.03. The third kappa shape index (κ3) is 2.76. The number of nitrogens with one attached hydrogen (secondary N) is 1. The van der Waals surface area contributed by atoms with Crippen LogP contribution in [0.1, 0.15) is 19.3 Å². The molecule has 1 aliphatic rings. The van der Waals surface area contributed by atoms with Crippen LogP contribution in [0.2, 0.25) is 0 Å². The van der Waals surface area contributed by atoms with E-state index < -0.39 is 12.0 Å². The van der Waals surface area contributed by atoms with E-state index in [1.54, 1.807) is 12.1 Å². The summed E-state index contributed by atoms with van der Waals surface area (Å²) in [6.45, 7) is 0.570. The summed E-state index contributed by atoms with van der Waals surface area (Å²) in [5.41, 5.74) is 2.01. The van der Waals surface area contributed by atoms with Crippen LogP contribution in [-0.2, 0) is 4.74 Å². The molecule has 2 atom stereocenters. The standard InChI is InChI=1S/C11H15N3O4S/c1-18-7-5-14(4-6(7)15)11(17)9-3-2-8(19-9)10(16)13-12/h2-3,6-7,15H,4-5,12H2,1H3,(H,13,16).